The molecule has 0 spiro atoms. The molecule has 0 fully saturated rings. The van der Waals surface area contributed by atoms with Crippen LogP contribution in [0.5, 0.6) is 0 Å². The summed E-state index contributed by atoms with van der Waals surface area (Å²) in [6.07, 6.45) is 6.46. The quantitative estimate of drug-likeness (QED) is 0.417. The Hall–Kier alpha value is -1.26. The van der Waals surface area contributed by atoms with Gasteiger partial charge in [-0.05, 0) is 12.5 Å². The maximum atomic E-state index is 5.99. The highest BCUT2D eigenvalue weighted by molar-refractivity contribution is 6.33. The van der Waals surface area contributed by atoms with Crippen LogP contribution in [0.1, 0.15) is 38.2 Å². The molecule has 0 amide bonds. The van der Waals surface area contributed by atoms with Crippen molar-refractivity contribution in [1.29, 1.82) is 0 Å². The van der Waals surface area contributed by atoms with Crippen molar-refractivity contribution in [3.05, 3.63) is 34.9 Å². The van der Waals surface area contributed by atoms with Crippen molar-refractivity contribution >= 4 is 17.8 Å². The van der Waals surface area contributed by atoms with E-state index in [9.17, 15) is 0 Å². The lowest BCUT2D eigenvalue weighted by atomic mass is 10.2. The summed E-state index contributed by atoms with van der Waals surface area (Å²) >= 11 is 5.99. The Balaban J connectivity index is 2.29. The molecule has 0 heterocycles. The Morgan fingerprint density at radius 3 is 2.82 bits per heavy atom. The van der Waals surface area contributed by atoms with Gasteiger partial charge in [-0.3, -0.25) is 4.99 Å². The van der Waals surface area contributed by atoms with Gasteiger partial charge in [0.05, 0.1) is 6.54 Å². The number of unbranched alkanes of at least 4 members (excludes halogenated alkanes) is 3. The van der Waals surface area contributed by atoms with Crippen molar-refractivity contribution in [2.24, 2.45) is 4.99 Å². The minimum absolute atomic E-state index is 0.553. The van der Waals surface area contributed by atoms with Crippen LogP contribution in [0.3, 0.4) is 0 Å². The van der Waals surface area contributed by atoms with Gasteiger partial charge in [-0.2, -0.15) is 0 Å². The van der Waals surface area contributed by atoms with E-state index >= 15 is 0 Å². The molecule has 90 valence electrons. The van der Waals surface area contributed by atoms with Crippen LogP contribution in [0.15, 0.2) is 29.3 Å². The van der Waals surface area contributed by atoms with Crippen LogP contribution < -0.4 is 0 Å². The van der Waals surface area contributed by atoms with Crippen LogP contribution in [0.2, 0.25) is 5.02 Å². The normalized spacial score (nSPS) is 10.2. The highest BCUT2D eigenvalue weighted by Crippen LogP contribution is 2.12. The third-order valence-corrected chi connectivity index (χ3v) is 2.68. The molecule has 17 heavy (non-hydrogen) atoms. The first-order valence-electron chi connectivity index (χ1n) is 6.04. The Morgan fingerprint density at radius 2 is 2.06 bits per heavy atom. The van der Waals surface area contributed by atoms with Gasteiger partial charge in [0.2, 0.25) is 0 Å². The number of benzene rings is 1. The number of hydrogen-bond donors (Lipinski definition) is 0. The first-order valence-corrected chi connectivity index (χ1v) is 6.42. The molecule has 0 radical (unpaired) electrons. The van der Waals surface area contributed by atoms with Gasteiger partial charge in [0.1, 0.15) is 0 Å². The van der Waals surface area contributed by atoms with E-state index < -0.39 is 0 Å². The van der Waals surface area contributed by atoms with Crippen LogP contribution in [0.4, 0.5) is 0 Å². The van der Waals surface area contributed by atoms with E-state index in [2.05, 4.69) is 23.8 Å². The topological polar surface area (TPSA) is 12.4 Å². The van der Waals surface area contributed by atoms with E-state index in [4.69, 9.17) is 11.6 Å². The van der Waals surface area contributed by atoms with Crippen LogP contribution in [0, 0.1) is 11.8 Å². The van der Waals surface area contributed by atoms with Crippen molar-refractivity contribution in [3.8, 4) is 11.8 Å². The molecular weight excluding hydrogens is 230 g/mol. The first kappa shape index (κ1) is 13.8. The van der Waals surface area contributed by atoms with Crippen molar-refractivity contribution in [1.82, 2.24) is 0 Å². The largest absolute Gasteiger partial charge is 0.280 e. The van der Waals surface area contributed by atoms with E-state index in [0.717, 1.165) is 17.0 Å². The molecule has 1 nitrogen and oxygen atoms in total. The lowest BCUT2D eigenvalue weighted by Gasteiger charge is -1.94. The summed E-state index contributed by atoms with van der Waals surface area (Å²) in [5.74, 6) is 6.17. The fourth-order valence-electron chi connectivity index (χ4n) is 1.38. The molecule has 2 heteroatoms. The van der Waals surface area contributed by atoms with Crippen LogP contribution in [0.25, 0.3) is 0 Å². The molecule has 0 saturated carbocycles. The molecule has 0 atom stereocenters. The summed E-state index contributed by atoms with van der Waals surface area (Å²) in [5, 5.41) is 0.729. The number of aliphatic imine (C=N–C) groups is 1. The Kier molecular flexibility index (Phi) is 7.18. The smallest absolute Gasteiger partial charge is 0.0997 e. The zero-order valence-corrected chi connectivity index (χ0v) is 11.0. The molecule has 0 unspecified atom stereocenters. The minimum Gasteiger partial charge on any atom is -0.280 e. The Bertz CT molecular complexity index is 412. The summed E-state index contributed by atoms with van der Waals surface area (Å²) in [4.78, 5) is 4.24. The average Bonchev–Trinajstić information content (AvgIpc) is 2.35. The summed E-state index contributed by atoms with van der Waals surface area (Å²) in [6.45, 7) is 2.75. The van der Waals surface area contributed by atoms with Gasteiger partial charge in [0.15, 0.2) is 0 Å². The average molecular weight is 248 g/mol. The molecule has 0 saturated heterocycles. The number of nitrogens with zero attached hydrogens (tertiary/aromatic N) is 1. The van der Waals surface area contributed by atoms with Gasteiger partial charge in [0, 0.05) is 23.2 Å². The van der Waals surface area contributed by atoms with Gasteiger partial charge in [-0.25, -0.2) is 0 Å². The summed E-state index contributed by atoms with van der Waals surface area (Å²) in [5.41, 5.74) is 0.946. The van der Waals surface area contributed by atoms with Gasteiger partial charge in [0.25, 0.3) is 0 Å². The predicted octanol–water partition coefficient (Wildman–Crippen LogP) is 4.34. The number of rotatable bonds is 5. The Morgan fingerprint density at radius 1 is 1.24 bits per heavy atom. The van der Waals surface area contributed by atoms with Crippen LogP contribution in [-0.4, -0.2) is 12.8 Å². The van der Waals surface area contributed by atoms with Crippen LogP contribution in [-0.2, 0) is 0 Å². The lowest BCUT2D eigenvalue weighted by molar-refractivity contribution is 0.737. The molecular formula is C15H18ClN. The van der Waals surface area contributed by atoms with Gasteiger partial charge < -0.3 is 0 Å². The van der Waals surface area contributed by atoms with E-state index in [0.29, 0.717) is 6.54 Å². The molecule has 1 aromatic carbocycles. The summed E-state index contributed by atoms with van der Waals surface area (Å²) < 4.78 is 0. The maximum Gasteiger partial charge on any atom is 0.0997 e. The zero-order chi connectivity index (χ0) is 12.3. The lowest BCUT2D eigenvalue weighted by Crippen LogP contribution is -1.83. The third-order valence-electron chi connectivity index (χ3n) is 2.34. The molecule has 0 aliphatic rings. The second-order valence-electron chi connectivity index (χ2n) is 3.80. The first-order chi connectivity index (χ1) is 8.34. The van der Waals surface area contributed by atoms with E-state index in [-0.39, 0.29) is 0 Å². The number of halogens is 1. The molecule has 0 aliphatic heterocycles. The monoisotopic (exact) mass is 247 g/mol. The van der Waals surface area contributed by atoms with Crippen molar-refractivity contribution in [2.45, 2.75) is 32.6 Å². The van der Waals surface area contributed by atoms with Crippen molar-refractivity contribution in [2.75, 3.05) is 6.54 Å². The zero-order valence-electron chi connectivity index (χ0n) is 10.2. The SMILES string of the molecule is CCCCCC#CCN=Cc1ccccc1Cl. The van der Waals surface area contributed by atoms with Gasteiger partial charge in [-0.1, -0.05) is 55.5 Å². The van der Waals surface area contributed by atoms with E-state index in [1.165, 1.54) is 19.3 Å². The Labute approximate surface area is 109 Å². The van der Waals surface area contributed by atoms with Gasteiger partial charge >= 0.3 is 0 Å². The highest BCUT2D eigenvalue weighted by Gasteiger charge is 1.92. The molecule has 0 bridgehead atoms. The summed E-state index contributed by atoms with van der Waals surface area (Å²) in [6, 6.07) is 7.66. The summed E-state index contributed by atoms with van der Waals surface area (Å²) in [7, 11) is 0. The third kappa shape index (κ3) is 6.14. The molecule has 1 aromatic rings. The van der Waals surface area contributed by atoms with E-state index in [1.54, 1.807) is 6.21 Å². The molecule has 0 aromatic heterocycles. The minimum atomic E-state index is 0.553. The fourth-order valence-corrected chi connectivity index (χ4v) is 1.56. The molecule has 0 aliphatic carbocycles. The molecule has 1 rings (SSSR count). The maximum absolute atomic E-state index is 5.99. The van der Waals surface area contributed by atoms with E-state index in [1.807, 2.05) is 24.3 Å². The fraction of sp³-hybridized carbons (Fsp3) is 0.400. The van der Waals surface area contributed by atoms with Gasteiger partial charge in [-0.15, -0.1) is 5.92 Å². The van der Waals surface area contributed by atoms with Crippen molar-refractivity contribution in [3.63, 3.8) is 0 Å². The second kappa shape index (κ2) is 8.84. The highest BCUT2D eigenvalue weighted by atomic mass is 35.5. The number of hydrogen-bond acceptors (Lipinski definition) is 1. The second-order valence-corrected chi connectivity index (χ2v) is 4.21. The van der Waals surface area contributed by atoms with Crippen LogP contribution >= 0.6 is 11.6 Å². The standard InChI is InChI=1S/C15H18ClN/c1-2-3-4-5-6-9-12-17-13-14-10-7-8-11-15(14)16/h7-8,10-11,13H,2-5,12H2,1H3. The predicted molar refractivity (Wildman–Crippen MR) is 75.8 cm³/mol. The molecule has 0 N–H and O–H groups in total. The van der Waals surface area contributed by atoms with Crippen molar-refractivity contribution < 1.29 is 0 Å².